The molecule has 3 atom stereocenters. The number of carbonyl (C=O) groups is 3. The van der Waals surface area contributed by atoms with Gasteiger partial charge >= 0.3 is 0 Å². The van der Waals surface area contributed by atoms with Gasteiger partial charge in [0.25, 0.3) is 5.91 Å². The zero-order valence-electron chi connectivity index (χ0n) is 18.7. The number of amides is 3. The van der Waals surface area contributed by atoms with Crippen LogP contribution in [0.3, 0.4) is 0 Å². The number of benzene rings is 1. The van der Waals surface area contributed by atoms with E-state index in [4.69, 9.17) is 9.47 Å². The molecular formula is C22H33N3O5. The number of hydrogen-bond donors (Lipinski definition) is 1. The molecule has 0 radical (unpaired) electrons. The van der Waals surface area contributed by atoms with E-state index < -0.39 is 0 Å². The van der Waals surface area contributed by atoms with Gasteiger partial charge in [0.05, 0.1) is 17.7 Å². The molecular weight excluding hydrogens is 386 g/mol. The third-order valence-electron chi connectivity index (χ3n) is 5.46. The molecule has 8 nitrogen and oxygen atoms in total. The van der Waals surface area contributed by atoms with Crippen LogP contribution < -0.4 is 10.1 Å². The van der Waals surface area contributed by atoms with E-state index in [9.17, 15) is 14.4 Å². The average Bonchev–Trinajstić information content (AvgIpc) is 2.72. The summed E-state index contributed by atoms with van der Waals surface area (Å²) in [4.78, 5) is 40.5. The molecule has 1 aliphatic rings. The van der Waals surface area contributed by atoms with Crippen LogP contribution in [-0.4, -0.2) is 73.5 Å². The molecule has 0 bridgehead atoms. The molecule has 0 spiro atoms. The Balaban J connectivity index is 2.44. The van der Waals surface area contributed by atoms with Crippen molar-refractivity contribution in [2.75, 3.05) is 39.2 Å². The number of nitrogens with zero attached hydrogens (tertiary/aromatic N) is 2. The van der Waals surface area contributed by atoms with Crippen molar-refractivity contribution in [3.63, 3.8) is 0 Å². The fourth-order valence-corrected chi connectivity index (χ4v) is 3.54. The molecule has 0 aromatic heterocycles. The lowest BCUT2D eigenvalue weighted by molar-refractivity contribution is -0.133. The Hall–Kier alpha value is -2.61. The lowest BCUT2D eigenvalue weighted by Gasteiger charge is -2.35. The predicted molar refractivity (Wildman–Crippen MR) is 115 cm³/mol. The minimum absolute atomic E-state index is 0.0297. The van der Waals surface area contributed by atoms with Gasteiger partial charge in [-0.3, -0.25) is 14.4 Å². The van der Waals surface area contributed by atoms with E-state index in [1.807, 2.05) is 13.8 Å². The Kier molecular flexibility index (Phi) is 8.23. The van der Waals surface area contributed by atoms with Gasteiger partial charge < -0.3 is 24.6 Å². The number of anilines is 1. The maximum Gasteiger partial charge on any atom is 0.257 e. The predicted octanol–water partition coefficient (Wildman–Crippen LogP) is 2.39. The lowest BCUT2D eigenvalue weighted by Crippen LogP contribution is -2.48. The fraction of sp³-hybridized carbons (Fsp3) is 0.591. The molecule has 1 aromatic rings. The van der Waals surface area contributed by atoms with Crippen LogP contribution in [0.2, 0.25) is 0 Å². The van der Waals surface area contributed by atoms with Crippen molar-refractivity contribution in [1.29, 1.82) is 0 Å². The molecule has 0 unspecified atom stereocenters. The highest BCUT2D eigenvalue weighted by Gasteiger charge is 2.29. The summed E-state index contributed by atoms with van der Waals surface area (Å²) >= 11 is 0. The Bertz CT molecular complexity index is 782. The fourth-order valence-electron chi connectivity index (χ4n) is 3.54. The summed E-state index contributed by atoms with van der Waals surface area (Å²) in [6.45, 7) is 8.34. The van der Waals surface area contributed by atoms with Crippen LogP contribution in [0.15, 0.2) is 18.2 Å². The van der Waals surface area contributed by atoms with E-state index in [1.165, 1.54) is 0 Å². The minimum Gasteiger partial charge on any atom is -0.491 e. The van der Waals surface area contributed by atoms with Crippen LogP contribution in [-0.2, 0) is 14.3 Å². The van der Waals surface area contributed by atoms with Gasteiger partial charge in [-0.1, -0.05) is 13.8 Å². The largest absolute Gasteiger partial charge is 0.491 e. The van der Waals surface area contributed by atoms with Crippen LogP contribution in [0.1, 0.15) is 44.5 Å². The highest BCUT2D eigenvalue weighted by molar-refractivity contribution is 5.98. The Morgan fingerprint density at radius 2 is 1.97 bits per heavy atom. The number of ether oxygens (including phenoxy) is 2. The molecule has 166 valence electrons. The van der Waals surface area contributed by atoms with Crippen LogP contribution in [0, 0.1) is 5.92 Å². The minimum atomic E-state index is -0.222. The summed E-state index contributed by atoms with van der Waals surface area (Å²) < 4.78 is 11.6. The molecule has 0 saturated heterocycles. The first-order valence-electron chi connectivity index (χ1n) is 10.3. The molecule has 30 heavy (non-hydrogen) atoms. The van der Waals surface area contributed by atoms with E-state index in [0.717, 1.165) is 0 Å². The van der Waals surface area contributed by atoms with Crippen molar-refractivity contribution in [3.05, 3.63) is 23.8 Å². The van der Waals surface area contributed by atoms with Crippen LogP contribution in [0.4, 0.5) is 5.69 Å². The third kappa shape index (κ3) is 5.72. The van der Waals surface area contributed by atoms with E-state index in [1.54, 1.807) is 56.0 Å². The second-order valence-electron chi connectivity index (χ2n) is 7.88. The van der Waals surface area contributed by atoms with E-state index >= 15 is 0 Å². The molecule has 0 aliphatic carbocycles. The number of likely N-dealkylation sites (N-methyl/N-ethyl adjacent to an activating group) is 1. The highest BCUT2D eigenvalue weighted by Crippen LogP contribution is 2.27. The second kappa shape index (κ2) is 10.4. The number of nitrogens with one attached hydrogen (secondary N) is 1. The van der Waals surface area contributed by atoms with Crippen molar-refractivity contribution in [1.82, 2.24) is 9.80 Å². The molecule has 1 N–H and O–H groups in total. The monoisotopic (exact) mass is 419 g/mol. The first-order valence-corrected chi connectivity index (χ1v) is 10.3. The van der Waals surface area contributed by atoms with Crippen molar-refractivity contribution in [3.8, 4) is 5.75 Å². The van der Waals surface area contributed by atoms with Crippen LogP contribution in [0.25, 0.3) is 0 Å². The van der Waals surface area contributed by atoms with Gasteiger partial charge in [0.15, 0.2) is 0 Å². The number of carbonyl (C=O) groups excluding carboxylic acids is 3. The number of fused-ring (bicyclic) bond motifs is 1. The van der Waals surface area contributed by atoms with Gasteiger partial charge in [0.1, 0.15) is 12.4 Å². The molecule has 0 saturated carbocycles. The normalized spacial score (nSPS) is 23.0. The van der Waals surface area contributed by atoms with E-state index in [0.29, 0.717) is 36.5 Å². The molecule has 3 amide bonds. The number of hydrogen-bond acceptors (Lipinski definition) is 5. The molecule has 0 fully saturated rings. The van der Waals surface area contributed by atoms with Crippen molar-refractivity contribution in [2.24, 2.45) is 5.92 Å². The Morgan fingerprint density at radius 3 is 2.57 bits per heavy atom. The third-order valence-corrected chi connectivity index (χ3v) is 5.46. The van der Waals surface area contributed by atoms with Gasteiger partial charge in [-0.25, -0.2) is 0 Å². The Labute approximate surface area is 178 Å². The number of rotatable bonds is 3. The van der Waals surface area contributed by atoms with Gasteiger partial charge in [-0.05, 0) is 19.1 Å². The molecule has 1 aromatic carbocycles. The van der Waals surface area contributed by atoms with E-state index in [2.05, 4.69) is 5.32 Å². The maximum atomic E-state index is 13.1. The van der Waals surface area contributed by atoms with Crippen molar-refractivity contribution >= 4 is 23.4 Å². The zero-order valence-corrected chi connectivity index (χ0v) is 18.7. The first kappa shape index (κ1) is 23.7. The summed E-state index contributed by atoms with van der Waals surface area (Å²) in [5, 5.41) is 2.79. The summed E-state index contributed by atoms with van der Waals surface area (Å²) in [5.74, 6) is 0.0446. The van der Waals surface area contributed by atoms with Crippen LogP contribution >= 0.6 is 0 Å². The van der Waals surface area contributed by atoms with Crippen LogP contribution in [0.5, 0.6) is 5.75 Å². The average molecular weight is 420 g/mol. The summed E-state index contributed by atoms with van der Waals surface area (Å²) in [6.07, 6.45) is 0.126. The molecule has 2 rings (SSSR count). The van der Waals surface area contributed by atoms with Gasteiger partial charge in [-0.15, -0.1) is 0 Å². The first-order chi connectivity index (χ1) is 14.2. The molecule has 1 heterocycles. The number of methoxy groups -OCH3 is 1. The maximum absolute atomic E-state index is 13.1. The van der Waals surface area contributed by atoms with E-state index in [-0.39, 0.29) is 42.4 Å². The Morgan fingerprint density at radius 1 is 1.27 bits per heavy atom. The van der Waals surface area contributed by atoms with Gasteiger partial charge in [0, 0.05) is 58.3 Å². The molecule has 1 aliphatic heterocycles. The van der Waals surface area contributed by atoms with Gasteiger partial charge in [0.2, 0.25) is 11.8 Å². The molecule has 8 heteroatoms. The van der Waals surface area contributed by atoms with Crippen molar-refractivity contribution in [2.45, 2.75) is 46.3 Å². The second-order valence-corrected chi connectivity index (χ2v) is 7.88. The quantitative estimate of drug-likeness (QED) is 0.813. The SMILES string of the molecule is CCC(=O)Nc1ccc2c(c1)OC[C@H](C)N(C(C)=O)C[C@H](C)[C@H](OC)CN(C)C2=O. The van der Waals surface area contributed by atoms with Crippen molar-refractivity contribution < 1.29 is 23.9 Å². The van der Waals surface area contributed by atoms with Gasteiger partial charge in [-0.2, -0.15) is 0 Å². The smallest absolute Gasteiger partial charge is 0.257 e. The summed E-state index contributed by atoms with van der Waals surface area (Å²) in [5.41, 5.74) is 0.958. The highest BCUT2D eigenvalue weighted by atomic mass is 16.5. The standard InChI is InChI=1S/C22H33N3O5/c1-7-21(27)23-17-8-9-18-19(10-17)30-13-15(3)25(16(4)26)11-14(2)20(29-6)12-24(5)22(18)28/h8-10,14-15,20H,7,11-13H2,1-6H3,(H,23,27)/t14-,15-,20+/m0/s1. The zero-order chi connectivity index (χ0) is 22.4. The summed E-state index contributed by atoms with van der Waals surface area (Å²) in [7, 11) is 3.33. The lowest BCUT2D eigenvalue weighted by atomic mass is 10.0. The topological polar surface area (TPSA) is 88.2 Å². The summed E-state index contributed by atoms with van der Waals surface area (Å²) in [6, 6.07) is 4.80.